The number of carbonyl (C=O) groups excluding carboxylic acids is 1. The first kappa shape index (κ1) is 14.0. The largest absolute Gasteiger partial charge is 0.383 e. The zero-order valence-corrected chi connectivity index (χ0v) is 12.6. The van der Waals surface area contributed by atoms with E-state index in [0.29, 0.717) is 28.3 Å². The quantitative estimate of drug-likeness (QED) is 0.431. The number of nitrogens with one attached hydrogen (secondary N) is 2. The number of nitrogen functional groups attached to an aromatic ring is 2. The summed E-state index contributed by atoms with van der Waals surface area (Å²) >= 11 is 0. The molecule has 6 N–H and O–H groups in total. The van der Waals surface area contributed by atoms with Crippen molar-refractivity contribution in [1.29, 1.82) is 0 Å². The van der Waals surface area contributed by atoms with Gasteiger partial charge in [0.1, 0.15) is 17.2 Å². The molecule has 118 valence electrons. The molecule has 4 rings (SSSR count). The summed E-state index contributed by atoms with van der Waals surface area (Å²) in [5.41, 5.74) is 14.8. The average Bonchev–Trinajstić information content (AvgIpc) is 3.16. The molecular formula is C17H14N6O. The van der Waals surface area contributed by atoms with Gasteiger partial charge in [-0.2, -0.15) is 5.10 Å². The third kappa shape index (κ3) is 2.19. The van der Waals surface area contributed by atoms with Gasteiger partial charge in [0, 0.05) is 11.1 Å². The molecule has 0 saturated heterocycles. The van der Waals surface area contributed by atoms with E-state index in [2.05, 4.69) is 20.2 Å². The molecule has 0 bridgehead atoms. The second-order valence-corrected chi connectivity index (χ2v) is 5.41. The van der Waals surface area contributed by atoms with Crippen LogP contribution in [0.3, 0.4) is 0 Å². The molecule has 0 saturated carbocycles. The van der Waals surface area contributed by atoms with E-state index in [-0.39, 0.29) is 11.6 Å². The SMILES string of the molecule is Nc1n[nH]c(N)c1-c1nc2ccc(C(=O)c3ccccc3)cc2[nH]1. The van der Waals surface area contributed by atoms with Gasteiger partial charge < -0.3 is 16.5 Å². The fraction of sp³-hybridized carbons (Fsp3) is 0. The van der Waals surface area contributed by atoms with Crippen molar-refractivity contribution in [1.82, 2.24) is 20.2 Å². The number of benzene rings is 2. The molecule has 4 aromatic rings. The van der Waals surface area contributed by atoms with E-state index in [1.165, 1.54) is 0 Å². The van der Waals surface area contributed by atoms with Gasteiger partial charge >= 0.3 is 0 Å². The highest BCUT2D eigenvalue weighted by atomic mass is 16.1. The van der Waals surface area contributed by atoms with E-state index in [0.717, 1.165) is 11.0 Å². The van der Waals surface area contributed by atoms with E-state index in [1.54, 1.807) is 30.3 Å². The van der Waals surface area contributed by atoms with Gasteiger partial charge in [0.25, 0.3) is 0 Å². The Balaban J connectivity index is 1.78. The van der Waals surface area contributed by atoms with Crippen molar-refractivity contribution in [2.24, 2.45) is 0 Å². The van der Waals surface area contributed by atoms with Crippen molar-refractivity contribution in [3.63, 3.8) is 0 Å². The molecule has 0 fully saturated rings. The number of H-pyrrole nitrogens is 2. The predicted octanol–water partition coefficient (Wildman–Crippen LogP) is 2.35. The fourth-order valence-corrected chi connectivity index (χ4v) is 2.64. The molecule has 0 aliphatic carbocycles. The minimum Gasteiger partial charge on any atom is -0.383 e. The normalized spacial score (nSPS) is 11.0. The van der Waals surface area contributed by atoms with Gasteiger partial charge in [0.2, 0.25) is 0 Å². The predicted molar refractivity (Wildman–Crippen MR) is 92.4 cm³/mol. The standard InChI is InChI=1S/C17H14N6O/c18-15-13(16(19)23-22-15)17-20-11-7-6-10(8-12(11)21-17)14(24)9-4-2-1-3-5-9/h1-8H,(H,20,21)(H5,18,19,22,23). The van der Waals surface area contributed by atoms with Crippen molar-refractivity contribution in [2.45, 2.75) is 0 Å². The minimum absolute atomic E-state index is 0.0454. The van der Waals surface area contributed by atoms with Gasteiger partial charge in [-0.15, -0.1) is 0 Å². The Morgan fingerprint density at radius 3 is 2.50 bits per heavy atom. The van der Waals surface area contributed by atoms with Gasteiger partial charge in [0.15, 0.2) is 11.6 Å². The van der Waals surface area contributed by atoms with Crippen molar-refractivity contribution < 1.29 is 4.79 Å². The number of imidazole rings is 1. The Labute approximate surface area is 136 Å². The van der Waals surface area contributed by atoms with E-state index < -0.39 is 0 Å². The Morgan fingerprint density at radius 2 is 1.79 bits per heavy atom. The molecule has 0 aliphatic heterocycles. The third-order valence-corrected chi connectivity index (χ3v) is 3.84. The number of hydrogen-bond donors (Lipinski definition) is 4. The van der Waals surface area contributed by atoms with E-state index >= 15 is 0 Å². The van der Waals surface area contributed by atoms with Crippen LogP contribution in [0.1, 0.15) is 15.9 Å². The summed E-state index contributed by atoms with van der Waals surface area (Å²) in [7, 11) is 0. The van der Waals surface area contributed by atoms with Crippen LogP contribution in [-0.4, -0.2) is 25.9 Å². The number of fused-ring (bicyclic) bond motifs is 1. The molecule has 2 heterocycles. The highest BCUT2D eigenvalue weighted by Gasteiger charge is 2.16. The lowest BCUT2D eigenvalue weighted by atomic mass is 10.0. The number of aromatic nitrogens is 4. The Hall–Kier alpha value is -3.61. The summed E-state index contributed by atoms with van der Waals surface area (Å²) < 4.78 is 0. The van der Waals surface area contributed by atoms with Crippen LogP contribution in [-0.2, 0) is 0 Å². The second kappa shape index (κ2) is 5.24. The van der Waals surface area contributed by atoms with Gasteiger partial charge in [-0.05, 0) is 18.2 Å². The summed E-state index contributed by atoms with van der Waals surface area (Å²) in [5.74, 6) is 1.08. The maximum Gasteiger partial charge on any atom is 0.193 e. The molecule has 0 atom stereocenters. The number of anilines is 2. The molecule has 0 unspecified atom stereocenters. The van der Waals surface area contributed by atoms with Gasteiger partial charge in [0.05, 0.1) is 11.0 Å². The first-order chi connectivity index (χ1) is 11.6. The third-order valence-electron chi connectivity index (χ3n) is 3.84. The van der Waals surface area contributed by atoms with Crippen molar-refractivity contribution in [3.05, 3.63) is 59.7 Å². The number of aromatic amines is 2. The monoisotopic (exact) mass is 318 g/mol. The van der Waals surface area contributed by atoms with E-state index in [1.807, 2.05) is 18.2 Å². The Morgan fingerprint density at radius 1 is 1.00 bits per heavy atom. The van der Waals surface area contributed by atoms with Crippen LogP contribution in [0.2, 0.25) is 0 Å². The average molecular weight is 318 g/mol. The molecule has 0 radical (unpaired) electrons. The van der Waals surface area contributed by atoms with Crippen LogP contribution >= 0.6 is 0 Å². The number of rotatable bonds is 3. The van der Waals surface area contributed by atoms with Gasteiger partial charge in [-0.1, -0.05) is 30.3 Å². The lowest BCUT2D eigenvalue weighted by molar-refractivity contribution is 0.103. The van der Waals surface area contributed by atoms with Crippen LogP contribution in [0, 0.1) is 0 Å². The van der Waals surface area contributed by atoms with Crippen LogP contribution < -0.4 is 11.5 Å². The second-order valence-electron chi connectivity index (χ2n) is 5.41. The summed E-state index contributed by atoms with van der Waals surface area (Å²) in [4.78, 5) is 20.2. The number of nitrogens with zero attached hydrogens (tertiary/aromatic N) is 2. The molecule has 0 aliphatic rings. The minimum atomic E-state index is -0.0454. The van der Waals surface area contributed by atoms with Crippen LogP contribution in [0.5, 0.6) is 0 Å². The molecule has 2 aromatic heterocycles. The highest BCUT2D eigenvalue weighted by Crippen LogP contribution is 2.29. The van der Waals surface area contributed by atoms with Crippen molar-refractivity contribution >= 4 is 28.5 Å². The smallest absolute Gasteiger partial charge is 0.193 e. The van der Waals surface area contributed by atoms with Crippen LogP contribution in [0.4, 0.5) is 11.6 Å². The summed E-state index contributed by atoms with van der Waals surface area (Å²) in [6.45, 7) is 0. The number of ketones is 1. The lowest BCUT2D eigenvalue weighted by Gasteiger charge is -2.00. The van der Waals surface area contributed by atoms with Crippen molar-refractivity contribution in [2.75, 3.05) is 11.5 Å². The van der Waals surface area contributed by atoms with Crippen molar-refractivity contribution in [3.8, 4) is 11.4 Å². The van der Waals surface area contributed by atoms with Crippen LogP contribution in [0.25, 0.3) is 22.4 Å². The summed E-state index contributed by atoms with van der Waals surface area (Å²) in [5, 5.41) is 6.48. The number of nitrogens with two attached hydrogens (primary N) is 2. The number of carbonyl (C=O) groups is 1. The Kier molecular flexibility index (Phi) is 3.06. The maximum atomic E-state index is 12.5. The topological polar surface area (TPSA) is 126 Å². The summed E-state index contributed by atoms with van der Waals surface area (Å²) in [6.07, 6.45) is 0. The zero-order valence-electron chi connectivity index (χ0n) is 12.6. The van der Waals surface area contributed by atoms with Gasteiger partial charge in [-0.25, -0.2) is 4.98 Å². The zero-order chi connectivity index (χ0) is 16.7. The first-order valence-corrected chi connectivity index (χ1v) is 7.32. The molecule has 0 spiro atoms. The highest BCUT2D eigenvalue weighted by molar-refractivity contribution is 6.10. The fourth-order valence-electron chi connectivity index (χ4n) is 2.64. The molecule has 7 nitrogen and oxygen atoms in total. The van der Waals surface area contributed by atoms with E-state index in [4.69, 9.17) is 11.5 Å². The maximum absolute atomic E-state index is 12.5. The lowest BCUT2D eigenvalue weighted by Crippen LogP contribution is -2.00. The molecule has 24 heavy (non-hydrogen) atoms. The van der Waals surface area contributed by atoms with E-state index in [9.17, 15) is 4.79 Å². The van der Waals surface area contributed by atoms with Crippen LogP contribution in [0.15, 0.2) is 48.5 Å². The number of hydrogen-bond acceptors (Lipinski definition) is 5. The molecule has 7 heteroatoms. The Bertz CT molecular complexity index is 1030. The van der Waals surface area contributed by atoms with Gasteiger partial charge in [-0.3, -0.25) is 9.89 Å². The molecular weight excluding hydrogens is 304 g/mol. The molecule has 0 amide bonds. The summed E-state index contributed by atoms with van der Waals surface area (Å²) in [6, 6.07) is 14.4. The first-order valence-electron chi connectivity index (χ1n) is 7.32. The molecule has 2 aromatic carbocycles.